The predicted molar refractivity (Wildman–Crippen MR) is 98.1 cm³/mol. The van der Waals surface area contributed by atoms with Crippen LogP contribution in [0.25, 0.3) is 11.2 Å². The summed E-state index contributed by atoms with van der Waals surface area (Å²) in [7, 11) is 0. The number of aliphatic hydroxyl groups is 3. The van der Waals surface area contributed by atoms with Crippen LogP contribution in [0.3, 0.4) is 0 Å². The molecular weight excluding hydrogens is 366 g/mol. The Hall–Kier alpha value is -2.92. The van der Waals surface area contributed by atoms with E-state index in [4.69, 9.17) is 4.74 Å². The average Bonchev–Trinajstić information content (AvgIpc) is 3.24. The lowest BCUT2D eigenvalue weighted by Crippen LogP contribution is -2.33. The summed E-state index contributed by atoms with van der Waals surface area (Å²) in [6.45, 7) is 1.08. The quantitative estimate of drug-likeness (QED) is 0.458. The van der Waals surface area contributed by atoms with E-state index in [2.05, 4.69) is 20.3 Å². The van der Waals surface area contributed by atoms with E-state index in [1.54, 1.807) is 24.3 Å². The molecule has 2 aromatic heterocycles. The van der Waals surface area contributed by atoms with Gasteiger partial charge < -0.3 is 25.4 Å². The highest BCUT2D eigenvalue weighted by atomic mass is 16.6. The number of hydrogen-bond donors (Lipinski definition) is 4. The fourth-order valence-corrected chi connectivity index (χ4v) is 3.16. The minimum atomic E-state index is -1.24. The zero-order valence-electron chi connectivity index (χ0n) is 14.9. The number of Topliss-reactive ketones (excluding diaryl/α,β-unsaturated/α-hetero) is 1. The molecule has 0 aliphatic carbocycles. The number of anilines is 2. The summed E-state index contributed by atoms with van der Waals surface area (Å²) in [6, 6.07) is 6.93. The number of carbonyl (C=O) groups excluding carboxylic acids is 1. The highest BCUT2D eigenvalue weighted by Crippen LogP contribution is 2.32. The van der Waals surface area contributed by atoms with Gasteiger partial charge in [0.05, 0.1) is 12.9 Å². The molecule has 0 bridgehead atoms. The van der Waals surface area contributed by atoms with Crippen molar-refractivity contribution in [2.75, 3.05) is 11.9 Å². The molecule has 1 aliphatic heterocycles. The van der Waals surface area contributed by atoms with Crippen LogP contribution < -0.4 is 5.32 Å². The third kappa shape index (κ3) is 3.12. The smallest absolute Gasteiger partial charge is 0.167 e. The highest BCUT2D eigenvalue weighted by Gasteiger charge is 2.44. The fourth-order valence-electron chi connectivity index (χ4n) is 3.16. The lowest BCUT2D eigenvalue weighted by atomic mass is 10.1. The van der Waals surface area contributed by atoms with Gasteiger partial charge in [0.2, 0.25) is 0 Å². The van der Waals surface area contributed by atoms with E-state index >= 15 is 0 Å². The van der Waals surface area contributed by atoms with Gasteiger partial charge in [-0.1, -0.05) is 0 Å². The van der Waals surface area contributed by atoms with Crippen molar-refractivity contribution >= 4 is 28.5 Å². The molecule has 4 atom stereocenters. The maximum Gasteiger partial charge on any atom is 0.167 e. The third-order valence-electron chi connectivity index (χ3n) is 4.70. The Morgan fingerprint density at radius 1 is 1.18 bits per heavy atom. The van der Waals surface area contributed by atoms with Crippen LogP contribution in [0, 0.1) is 0 Å². The first kappa shape index (κ1) is 18.4. The maximum absolute atomic E-state index is 11.4. The Kier molecular flexibility index (Phi) is 4.77. The van der Waals surface area contributed by atoms with Gasteiger partial charge in [0.15, 0.2) is 29.0 Å². The first-order valence-corrected chi connectivity index (χ1v) is 8.67. The topological polar surface area (TPSA) is 143 Å². The molecule has 10 heteroatoms. The number of ketones is 1. The van der Waals surface area contributed by atoms with E-state index in [9.17, 15) is 20.1 Å². The zero-order chi connectivity index (χ0) is 19.8. The Morgan fingerprint density at radius 3 is 2.57 bits per heavy atom. The Bertz CT molecular complexity index is 1010. The molecule has 1 aliphatic rings. The summed E-state index contributed by atoms with van der Waals surface area (Å²) in [5.74, 6) is 0.416. The number of fused-ring (bicyclic) bond motifs is 1. The number of aliphatic hydroxyl groups excluding tert-OH is 3. The summed E-state index contributed by atoms with van der Waals surface area (Å²) < 4.78 is 7.03. The summed E-state index contributed by atoms with van der Waals surface area (Å²) in [5, 5.41) is 32.6. The molecule has 0 radical (unpaired) electrons. The molecule has 10 nitrogen and oxygen atoms in total. The first-order chi connectivity index (χ1) is 13.5. The molecule has 0 spiro atoms. The monoisotopic (exact) mass is 385 g/mol. The van der Waals surface area contributed by atoms with Gasteiger partial charge in [-0.05, 0) is 31.2 Å². The van der Waals surface area contributed by atoms with E-state index in [1.807, 2.05) is 0 Å². The first-order valence-electron chi connectivity index (χ1n) is 8.67. The number of hydrogen-bond acceptors (Lipinski definition) is 9. The van der Waals surface area contributed by atoms with Crippen LogP contribution >= 0.6 is 0 Å². The molecule has 1 saturated heterocycles. The highest BCUT2D eigenvalue weighted by molar-refractivity contribution is 5.94. The van der Waals surface area contributed by atoms with Crippen LogP contribution in [0.4, 0.5) is 11.5 Å². The molecular formula is C18H19N5O5. The van der Waals surface area contributed by atoms with Crippen molar-refractivity contribution in [3.8, 4) is 0 Å². The van der Waals surface area contributed by atoms with Crippen LogP contribution in [0.2, 0.25) is 0 Å². The normalized spacial score (nSPS) is 24.6. The minimum absolute atomic E-state index is 0.0202. The van der Waals surface area contributed by atoms with Crippen molar-refractivity contribution in [3.05, 3.63) is 42.5 Å². The van der Waals surface area contributed by atoms with Crippen LogP contribution in [0.5, 0.6) is 0 Å². The number of carbonyl (C=O) groups is 1. The van der Waals surface area contributed by atoms with Crippen molar-refractivity contribution in [1.82, 2.24) is 19.5 Å². The molecule has 0 saturated carbocycles. The van der Waals surface area contributed by atoms with Crippen molar-refractivity contribution in [1.29, 1.82) is 0 Å². The number of imidazole rings is 1. The Balaban J connectivity index is 1.65. The molecule has 28 heavy (non-hydrogen) atoms. The second kappa shape index (κ2) is 7.24. The maximum atomic E-state index is 11.4. The second-order valence-electron chi connectivity index (χ2n) is 6.53. The number of rotatable bonds is 5. The molecule has 146 valence electrons. The van der Waals surface area contributed by atoms with Gasteiger partial charge in [0.1, 0.15) is 24.6 Å². The van der Waals surface area contributed by atoms with Gasteiger partial charge in [-0.2, -0.15) is 0 Å². The molecule has 3 aromatic rings. The van der Waals surface area contributed by atoms with E-state index in [1.165, 1.54) is 24.1 Å². The van der Waals surface area contributed by atoms with E-state index in [0.29, 0.717) is 28.2 Å². The van der Waals surface area contributed by atoms with Crippen molar-refractivity contribution in [2.45, 2.75) is 31.5 Å². The largest absolute Gasteiger partial charge is 0.394 e. The predicted octanol–water partition coefficient (Wildman–Crippen LogP) is 0.384. The van der Waals surface area contributed by atoms with Gasteiger partial charge in [0, 0.05) is 11.3 Å². The van der Waals surface area contributed by atoms with Gasteiger partial charge in [0.25, 0.3) is 0 Å². The molecule has 4 rings (SSSR count). The van der Waals surface area contributed by atoms with Gasteiger partial charge in [-0.25, -0.2) is 15.0 Å². The average molecular weight is 385 g/mol. The summed E-state index contributed by atoms with van der Waals surface area (Å²) in [6.07, 6.45) is -1.50. The van der Waals surface area contributed by atoms with E-state index in [-0.39, 0.29) is 5.78 Å². The lowest BCUT2D eigenvalue weighted by Gasteiger charge is -2.16. The van der Waals surface area contributed by atoms with Gasteiger partial charge in [-0.3, -0.25) is 9.36 Å². The second-order valence-corrected chi connectivity index (χ2v) is 6.53. The third-order valence-corrected chi connectivity index (χ3v) is 4.70. The van der Waals surface area contributed by atoms with Crippen LogP contribution in [-0.4, -0.2) is 65.5 Å². The van der Waals surface area contributed by atoms with Gasteiger partial charge >= 0.3 is 0 Å². The summed E-state index contributed by atoms with van der Waals surface area (Å²) >= 11 is 0. The van der Waals surface area contributed by atoms with E-state index < -0.39 is 31.1 Å². The van der Waals surface area contributed by atoms with Crippen molar-refractivity contribution < 1.29 is 24.9 Å². The zero-order valence-corrected chi connectivity index (χ0v) is 14.9. The lowest BCUT2D eigenvalue weighted by molar-refractivity contribution is -0.0511. The molecule has 4 N–H and O–H groups in total. The Morgan fingerprint density at radius 2 is 1.93 bits per heavy atom. The van der Waals surface area contributed by atoms with Gasteiger partial charge in [-0.15, -0.1) is 0 Å². The number of nitrogens with one attached hydrogen (secondary N) is 1. The molecule has 0 unspecified atom stereocenters. The summed E-state index contributed by atoms with van der Waals surface area (Å²) in [4.78, 5) is 24.1. The standard InChI is InChI=1S/C18H19N5O5/c1-9(25)10-2-4-11(5-3-10)22-16-13-17(20-7-19-16)23(8-21-13)18-15(27)14(26)12(6-24)28-18/h2-5,7-8,12,14-15,18,24,26-27H,6H2,1H3,(H,19,20,22)/t12-,14-,15-,18-/m1/s1. The van der Waals surface area contributed by atoms with Crippen LogP contribution in [0.15, 0.2) is 36.9 Å². The molecule has 0 amide bonds. The molecule has 3 heterocycles. The number of ether oxygens (including phenoxy) is 1. The molecule has 1 fully saturated rings. The SMILES string of the molecule is CC(=O)c1ccc(Nc2ncnc3c2ncn3[C@@H]2O[C@H](CO)[C@@H](O)[C@H]2O)cc1. The summed E-state index contributed by atoms with van der Waals surface area (Å²) in [5.41, 5.74) is 2.16. The number of benzene rings is 1. The molecule has 1 aromatic carbocycles. The van der Waals surface area contributed by atoms with Crippen molar-refractivity contribution in [3.63, 3.8) is 0 Å². The Labute approximate surface area is 159 Å². The fraction of sp³-hybridized carbons (Fsp3) is 0.333. The van der Waals surface area contributed by atoms with Crippen molar-refractivity contribution in [2.24, 2.45) is 0 Å². The van der Waals surface area contributed by atoms with Crippen LogP contribution in [0.1, 0.15) is 23.5 Å². The minimum Gasteiger partial charge on any atom is -0.394 e. The number of aromatic nitrogens is 4. The number of nitrogens with zero attached hydrogens (tertiary/aromatic N) is 4. The van der Waals surface area contributed by atoms with E-state index in [0.717, 1.165) is 0 Å². The van der Waals surface area contributed by atoms with Crippen LogP contribution in [-0.2, 0) is 4.74 Å².